The molecule has 2 atom stereocenters. The van der Waals surface area contributed by atoms with E-state index in [0.29, 0.717) is 17.1 Å². The van der Waals surface area contributed by atoms with Crippen molar-refractivity contribution in [1.29, 1.82) is 5.26 Å². The standard InChI is InChI=1S/C24H23NO3/c1-24(2)21(16-8-6-9-16)22(24)23(26)28-20(15-25)17-10-7-13-19(14-17)27-18-11-4-3-5-12-18/h3-5,7,10-14,20,22H,6,8-9H2,1-2H3/t20-,22-/m1/s1. The van der Waals surface area contributed by atoms with E-state index < -0.39 is 6.10 Å². The summed E-state index contributed by atoms with van der Waals surface area (Å²) < 4.78 is 11.4. The molecule has 0 radical (unpaired) electrons. The summed E-state index contributed by atoms with van der Waals surface area (Å²) in [6, 6.07) is 18.7. The molecule has 0 aliphatic heterocycles. The molecule has 2 aromatic carbocycles. The van der Waals surface area contributed by atoms with Crippen molar-refractivity contribution in [3.05, 3.63) is 71.3 Å². The van der Waals surface area contributed by atoms with Gasteiger partial charge in [0.25, 0.3) is 0 Å². The summed E-state index contributed by atoms with van der Waals surface area (Å²) in [6.45, 7) is 4.16. The van der Waals surface area contributed by atoms with Crippen molar-refractivity contribution in [2.75, 3.05) is 0 Å². The van der Waals surface area contributed by atoms with Crippen LogP contribution in [0.1, 0.15) is 44.8 Å². The number of nitrogens with zero attached hydrogens (tertiary/aromatic N) is 1. The molecule has 2 aromatic rings. The van der Waals surface area contributed by atoms with Crippen molar-refractivity contribution >= 4 is 5.97 Å². The highest BCUT2D eigenvalue weighted by molar-refractivity contribution is 5.85. The molecule has 0 unspecified atom stereocenters. The van der Waals surface area contributed by atoms with E-state index in [4.69, 9.17) is 9.47 Å². The Hall–Kier alpha value is -3.06. The van der Waals surface area contributed by atoms with Crippen LogP contribution in [-0.2, 0) is 9.53 Å². The summed E-state index contributed by atoms with van der Waals surface area (Å²) in [5.74, 6) is 0.786. The quantitative estimate of drug-likeness (QED) is 0.496. The number of benzene rings is 2. The number of esters is 1. The Bertz CT molecular complexity index is 963. The molecule has 0 N–H and O–H groups in total. The lowest BCUT2D eigenvalue weighted by molar-refractivity contribution is -0.149. The second-order valence-electron chi connectivity index (χ2n) is 7.96. The number of carbonyl (C=O) groups excluding carboxylic acids is 1. The largest absolute Gasteiger partial charge is 0.457 e. The third kappa shape index (κ3) is 3.41. The van der Waals surface area contributed by atoms with E-state index in [1.54, 1.807) is 18.2 Å². The van der Waals surface area contributed by atoms with E-state index >= 15 is 0 Å². The first-order chi connectivity index (χ1) is 13.5. The van der Waals surface area contributed by atoms with Crippen molar-refractivity contribution < 1.29 is 14.3 Å². The van der Waals surface area contributed by atoms with Crippen LogP contribution in [0.2, 0.25) is 0 Å². The minimum absolute atomic E-state index is 0.148. The molecule has 0 amide bonds. The van der Waals surface area contributed by atoms with Gasteiger partial charge in [-0.2, -0.15) is 5.26 Å². The van der Waals surface area contributed by atoms with Gasteiger partial charge in [-0.3, -0.25) is 4.79 Å². The lowest BCUT2D eigenvalue weighted by atomic mass is 9.90. The first-order valence-electron chi connectivity index (χ1n) is 9.66. The predicted molar refractivity (Wildman–Crippen MR) is 106 cm³/mol. The van der Waals surface area contributed by atoms with Gasteiger partial charge in [0.15, 0.2) is 0 Å². The number of carbonyl (C=O) groups is 1. The summed E-state index contributed by atoms with van der Waals surface area (Å²) in [6.07, 6.45) is 2.42. The predicted octanol–water partition coefficient (Wildman–Crippen LogP) is 5.72. The van der Waals surface area contributed by atoms with Crippen LogP contribution < -0.4 is 4.74 Å². The smallest absolute Gasteiger partial charge is 0.315 e. The molecule has 2 saturated carbocycles. The lowest BCUT2D eigenvalue weighted by Crippen LogP contribution is -2.14. The highest BCUT2D eigenvalue weighted by atomic mass is 16.5. The van der Waals surface area contributed by atoms with Crippen molar-refractivity contribution in [3.63, 3.8) is 0 Å². The zero-order valence-corrected chi connectivity index (χ0v) is 16.1. The topological polar surface area (TPSA) is 59.3 Å². The number of ether oxygens (including phenoxy) is 2. The van der Waals surface area contributed by atoms with Crippen LogP contribution in [0.5, 0.6) is 11.5 Å². The minimum Gasteiger partial charge on any atom is -0.457 e. The Morgan fingerprint density at radius 1 is 1.11 bits per heavy atom. The molecule has 2 fully saturated rings. The molecule has 0 heterocycles. The summed E-state index contributed by atoms with van der Waals surface area (Å²) in [5.41, 5.74) is 3.09. The van der Waals surface area contributed by atoms with Crippen LogP contribution in [-0.4, -0.2) is 5.97 Å². The van der Waals surface area contributed by atoms with Crippen molar-refractivity contribution in [3.8, 4) is 17.6 Å². The van der Waals surface area contributed by atoms with E-state index in [2.05, 4.69) is 19.9 Å². The number of hydrogen-bond acceptors (Lipinski definition) is 4. The maximum Gasteiger partial charge on any atom is 0.315 e. The fraction of sp³-hybridized carbons (Fsp3) is 0.333. The molecule has 4 nitrogen and oxygen atoms in total. The van der Waals surface area contributed by atoms with E-state index in [-0.39, 0.29) is 17.3 Å². The summed E-state index contributed by atoms with van der Waals surface area (Å²) in [7, 11) is 0. The van der Waals surface area contributed by atoms with Gasteiger partial charge in [-0.25, -0.2) is 0 Å². The normalized spacial score (nSPS) is 20.5. The van der Waals surface area contributed by atoms with Crippen LogP contribution in [0.4, 0.5) is 0 Å². The third-order valence-corrected chi connectivity index (χ3v) is 5.69. The molecule has 4 heteroatoms. The van der Waals surface area contributed by atoms with Gasteiger partial charge in [-0.05, 0) is 49.1 Å². The number of para-hydroxylation sites is 1. The highest BCUT2D eigenvalue weighted by Gasteiger charge is 2.59. The summed E-state index contributed by atoms with van der Waals surface area (Å²) in [5, 5.41) is 9.59. The first kappa shape index (κ1) is 18.3. The maximum absolute atomic E-state index is 12.8. The van der Waals surface area contributed by atoms with Gasteiger partial charge in [-0.1, -0.05) is 49.8 Å². The van der Waals surface area contributed by atoms with E-state index in [1.165, 1.54) is 17.6 Å². The Labute approximate surface area is 165 Å². The van der Waals surface area contributed by atoms with Gasteiger partial charge in [0, 0.05) is 11.0 Å². The van der Waals surface area contributed by atoms with Crippen molar-refractivity contribution in [1.82, 2.24) is 0 Å². The molecule has 2 aliphatic rings. The van der Waals surface area contributed by atoms with Crippen LogP contribution >= 0.6 is 0 Å². The Balaban J connectivity index is 1.48. The average molecular weight is 373 g/mol. The fourth-order valence-corrected chi connectivity index (χ4v) is 3.96. The lowest BCUT2D eigenvalue weighted by Gasteiger charge is -2.16. The molecule has 0 saturated heterocycles. The van der Waals surface area contributed by atoms with E-state index in [0.717, 1.165) is 12.8 Å². The minimum atomic E-state index is -0.948. The van der Waals surface area contributed by atoms with Gasteiger partial charge >= 0.3 is 5.97 Å². The first-order valence-corrected chi connectivity index (χ1v) is 9.66. The van der Waals surface area contributed by atoms with E-state index in [1.807, 2.05) is 36.4 Å². The summed E-state index contributed by atoms with van der Waals surface area (Å²) in [4.78, 5) is 12.8. The number of rotatable bonds is 5. The molecule has 142 valence electrons. The second-order valence-corrected chi connectivity index (χ2v) is 7.96. The third-order valence-electron chi connectivity index (χ3n) is 5.69. The zero-order valence-electron chi connectivity index (χ0n) is 16.1. The molecular weight excluding hydrogens is 350 g/mol. The maximum atomic E-state index is 12.8. The highest BCUT2D eigenvalue weighted by Crippen LogP contribution is 2.62. The van der Waals surface area contributed by atoms with E-state index in [9.17, 15) is 10.1 Å². The van der Waals surface area contributed by atoms with Crippen molar-refractivity contribution in [2.24, 2.45) is 11.3 Å². The molecule has 0 bridgehead atoms. The number of hydrogen-bond donors (Lipinski definition) is 0. The fourth-order valence-electron chi connectivity index (χ4n) is 3.96. The molecule has 0 aromatic heterocycles. The molecule has 2 aliphatic carbocycles. The Kier molecular flexibility index (Phi) is 4.68. The molecular formula is C24H23NO3. The number of nitriles is 1. The summed E-state index contributed by atoms with van der Waals surface area (Å²) >= 11 is 0. The molecule has 0 spiro atoms. The van der Waals surface area contributed by atoms with Gasteiger partial charge < -0.3 is 9.47 Å². The van der Waals surface area contributed by atoms with Gasteiger partial charge in [0.2, 0.25) is 6.10 Å². The second kappa shape index (κ2) is 7.16. The Morgan fingerprint density at radius 2 is 1.82 bits per heavy atom. The molecule has 28 heavy (non-hydrogen) atoms. The molecule has 4 rings (SSSR count). The zero-order chi connectivity index (χ0) is 19.7. The van der Waals surface area contributed by atoms with Gasteiger partial charge in [-0.15, -0.1) is 0 Å². The van der Waals surface area contributed by atoms with Gasteiger partial charge in [0.1, 0.15) is 17.6 Å². The van der Waals surface area contributed by atoms with Gasteiger partial charge in [0.05, 0.1) is 5.92 Å². The number of allylic oxidation sites excluding steroid dienone is 1. The Morgan fingerprint density at radius 3 is 2.46 bits per heavy atom. The monoisotopic (exact) mass is 373 g/mol. The van der Waals surface area contributed by atoms with Crippen molar-refractivity contribution in [2.45, 2.75) is 39.2 Å². The average Bonchev–Trinajstić information content (AvgIpc) is 3.20. The SMILES string of the molecule is CC1(C)C(=C2CCC2)[C@@H]1C(=O)O[C@H](C#N)c1cccc(Oc2ccccc2)c1. The van der Waals surface area contributed by atoms with Crippen LogP contribution in [0.25, 0.3) is 0 Å². The van der Waals surface area contributed by atoms with Crippen LogP contribution in [0, 0.1) is 22.7 Å². The van der Waals surface area contributed by atoms with Crippen LogP contribution in [0.15, 0.2) is 65.7 Å². The van der Waals surface area contributed by atoms with Crippen LogP contribution in [0.3, 0.4) is 0 Å².